The van der Waals surface area contributed by atoms with Gasteiger partial charge in [-0.25, -0.2) is 9.18 Å². The van der Waals surface area contributed by atoms with E-state index in [1.165, 1.54) is 12.1 Å². The van der Waals surface area contributed by atoms with Crippen molar-refractivity contribution >= 4 is 11.9 Å². The fraction of sp³-hybridized carbons (Fsp3) is 0.652. The molecule has 2 spiro atoms. The van der Waals surface area contributed by atoms with Crippen molar-refractivity contribution in [2.24, 2.45) is 10.8 Å². The van der Waals surface area contributed by atoms with Gasteiger partial charge in [-0.15, -0.1) is 0 Å². The van der Waals surface area contributed by atoms with Gasteiger partial charge >= 0.3 is 6.03 Å². The zero-order chi connectivity index (χ0) is 22.1. The highest BCUT2D eigenvalue weighted by Gasteiger charge is 2.64. The van der Waals surface area contributed by atoms with Gasteiger partial charge in [0.05, 0.1) is 12.0 Å². The van der Waals surface area contributed by atoms with E-state index in [1.54, 1.807) is 19.2 Å². The fourth-order valence-electron chi connectivity index (χ4n) is 5.85. The molecule has 0 bridgehead atoms. The van der Waals surface area contributed by atoms with Gasteiger partial charge in [0.2, 0.25) is 5.91 Å². The van der Waals surface area contributed by atoms with Crippen LogP contribution < -0.4 is 5.32 Å². The molecule has 1 aromatic carbocycles. The first kappa shape index (κ1) is 22.0. The lowest BCUT2D eigenvalue weighted by Crippen LogP contribution is -2.54. The number of benzene rings is 1. The summed E-state index contributed by atoms with van der Waals surface area (Å²) in [6.07, 6.45) is 2.53. The van der Waals surface area contributed by atoms with Crippen LogP contribution in [-0.4, -0.2) is 86.7 Å². The maximum absolute atomic E-state index is 13.4. The van der Waals surface area contributed by atoms with Crippen molar-refractivity contribution in [3.63, 3.8) is 0 Å². The Morgan fingerprint density at radius 2 is 1.97 bits per heavy atom. The third-order valence-corrected chi connectivity index (χ3v) is 7.62. The molecule has 3 amide bonds. The van der Waals surface area contributed by atoms with E-state index < -0.39 is 0 Å². The van der Waals surface area contributed by atoms with Crippen molar-refractivity contribution in [3.05, 3.63) is 35.6 Å². The van der Waals surface area contributed by atoms with Gasteiger partial charge in [0.1, 0.15) is 5.82 Å². The molecule has 1 N–H and O–H groups in total. The SMILES string of the molecule is COCCN1CC2(CCN(C(=O)NCc3cccc(F)c3)CC2)C2(CCN(C)C2=O)C1. The van der Waals surface area contributed by atoms with E-state index in [0.717, 1.165) is 51.0 Å². The maximum atomic E-state index is 13.4. The van der Waals surface area contributed by atoms with Gasteiger partial charge in [-0.2, -0.15) is 0 Å². The Hall–Kier alpha value is -2.19. The Balaban J connectivity index is 1.41. The molecule has 0 radical (unpaired) electrons. The Bertz CT molecular complexity index is 827. The molecule has 3 fully saturated rings. The topological polar surface area (TPSA) is 65.1 Å². The van der Waals surface area contributed by atoms with Crippen LogP contribution in [0.15, 0.2) is 24.3 Å². The lowest BCUT2D eigenvalue weighted by atomic mass is 9.60. The van der Waals surface area contributed by atoms with Crippen molar-refractivity contribution < 1.29 is 18.7 Å². The van der Waals surface area contributed by atoms with Gasteiger partial charge < -0.3 is 19.9 Å². The van der Waals surface area contributed by atoms with Crippen molar-refractivity contribution in [2.75, 3.05) is 60.0 Å². The van der Waals surface area contributed by atoms with Gasteiger partial charge in [-0.05, 0) is 37.0 Å². The van der Waals surface area contributed by atoms with Crippen LogP contribution in [0.5, 0.6) is 0 Å². The minimum absolute atomic E-state index is 0.0953. The highest BCUT2D eigenvalue weighted by Crippen LogP contribution is 2.57. The molecule has 1 unspecified atom stereocenters. The predicted octanol–water partition coefficient (Wildman–Crippen LogP) is 1.93. The number of ether oxygens (including phenoxy) is 1. The molecule has 8 heteroatoms. The molecule has 3 saturated heterocycles. The molecule has 3 aliphatic heterocycles. The van der Waals surface area contributed by atoms with E-state index in [2.05, 4.69) is 10.2 Å². The van der Waals surface area contributed by atoms with Gasteiger partial charge in [-0.1, -0.05) is 12.1 Å². The zero-order valence-electron chi connectivity index (χ0n) is 18.5. The van der Waals surface area contributed by atoms with Crippen molar-refractivity contribution in [1.29, 1.82) is 0 Å². The summed E-state index contributed by atoms with van der Waals surface area (Å²) in [6.45, 7) is 5.52. The van der Waals surface area contributed by atoms with Gasteiger partial charge in [-0.3, -0.25) is 9.69 Å². The normalized spacial score (nSPS) is 25.7. The number of amides is 3. The average Bonchev–Trinajstić information content (AvgIpc) is 3.23. The number of halogens is 1. The molecule has 0 aromatic heterocycles. The van der Waals surface area contributed by atoms with Crippen LogP contribution in [0, 0.1) is 16.6 Å². The number of hydrogen-bond donors (Lipinski definition) is 1. The van der Waals surface area contributed by atoms with E-state index in [4.69, 9.17) is 4.74 Å². The molecular formula is C23H33FN4O3. The number of hydrogen-bond acceptors (Lipinski definition) is 4. The number of carbonyl (C=O) groups is 2. The number of nitrogens with zero attached hydrogens (tertiary/aromatic N) is 3. The van der Waals surface area contributed by atoms with Crippen LogP contribution in [0.2, 0.25) is 0 Å². The molecule has 1 aromatic rings. The highest BCUT2D eigenvalue weighted by atomic mass is 19.1. The largest absolute Gasteiger partial charge is 0.383 e. The Morgan fingerprint density at radius 1 is 1.19 bits per heavy atom. The summed E-state index contributed by atoms with van der Waals surface area (Å²) < 4.78 is 18.6. The Morgan fingerprint density at radius 3 is 2.61 bits per heavy atom. The molecular weight excluding hydrogens is 399 g/mol. The lowest BCUT2D eigenvalue weighted by molar-refractivity contribution is -0.141. The number of fused-ring (bicyclic) bond motifs is 1. The summed E-state index contributed by atoms with van der Waals surface area (Å²) in [6, 6.07) is 6.14. The quantitative estimate of drug-likeness (QED) is 0.772. The summed E-state index contributed by atoms with van der Waals surface area (Å²) in [4.78, 5) is 32.1. The zero-order valence-corrected chi connectivity index (χ0v) is 18.5. The molecule has 7 nitrogen and oxygen atoms in total. The average molecular weight is 433 g/mol. The molecule has 1 atom stereocenters. The van der Waals surface area contributed by atoms with Crippen LogP contribution in [0.1, 0.15) is 24.8 Å². The summed E-state index contributed by atoms with van der Waals surface area (Å²) in [7, 11) is 3.61. The first-order chi connectivity index (χ1) is 14.9. The van der Waals surface area contributed by atoms with E-state index >= 15 is 0 Å². The molecule has 3 aliphatic rings. The Kier molecular flexibility index (Phi) is 6.21. The molecule has 3 heterocycles. The number of likely N-dealkylation sites (tertiary alicyclic amines) is 3. The van der Waals surface area contributed by atoms with E-state index in [0.29, 0.717) is 26.2 Å². The number of carbonyl (C=O) groups excluding carboxylic acids is 2. The van der Waals surface area contributed by atoms with Crippen LogP contribution in [-0.2, 0) is 16.1 Å². The summed E-state index contributed by atoms with van der Waals surface area (Å²) in [5.41, 5.74) is 0.298. The second-order valence-electron chi connectivity index (χ2n) is 9.32. The Labute approximate surface area is 183 Å². The van der Waals surface area contributed by atoms with Gasteiger partial charge in [0, 0.05) is 65.4 Å². The monoisotopic (exact) mass is 432 g/mol. The predicted molar refractivity (Wildman–Crippen MR) is 115 cm³/mol. The first-order valence-electron chi connectivity index (χ1n) is 11.1. The number of rotatable bonds is 5. The second-order valence-corrected chi connectivity index (χ2v) is 9.32. The number of piperidine rings is 1. The van der Waals surface area contributed by atoms with Crippen LogP contribution in [0.4, 0.5) is 9.18 Å². The number of urea groups is 1. The third kappa shape index (κ3) is 4.03. The van der Waals surface area contributed by atoms with E-state index in [-0.39, 0.29) is 28.6 Å². The first-order valence-corrected chi connectivity index (χ1v) is 11.1. The third-order valence-electron chi connectivity index (χ3n) is 7.62. The molecule has 170 valence electrons. The van der Waals surface area contributed by atoms with Crippen LogP contribution >= 0.6 is 0 Å². The fourth-order valence-corrected chi connectivity index (χ4v) is 5.85. The lowest BCUT2D eigenvalue weighted by Gasteiger charge is -2.46. The van der Waals surface area contributed by atoms with Gasteiger partial charge in [0.25, 0.3) is 0 Å². The minimum Gasteiger partial charge on any atom is -0.383 e. The van der Waals surface area contributed by atoms with Crippen molar-refractivity contribution in [2.45, 2.75) is 25.8 Å². The molecule has 31 heavy (non-hydrogen) atoms. The smallest absolute Gasteiger partial charge is 0.317 e. The molecule has 0 saturated carbocycles. The van der Waals surface area contributed by atoms with Crippen molar-refractivity contribution in [1.82, 2.24) is 20.0 Å². The van der Waals surface area contributed by atoms with Crippen molar-refractivity contribution in [3.8, 4) is 0 Å². The van der Waals surface area contributed by atoms with Crippen LogP contribution in [0.25, 0.3) is 0 Å². The molecule has 4 rings (SSSR count). The summed E-state index contributed by atoms with van der Waals surface area (Å²) in [5, 5.41) is 2.91. The standard InChI is InChI=1S/C23H33FN4O3/c1-26-9-8-23(20(26)29)17-27(12-13-31-2)16-22(23)6-10-28(11-7-22)21(30)25-15-18-4-3-5-19(24)14-18/h3-5,14H,6-13,15-17H2,1-2H3,(H,25,30). The summed E-state index contributed by atoms with van der Waals surface area (Å²) in [5.74, 6) is -0.0427. The minimum atomic E-state index is -0.348. The molecule has 0 aliphatic carbocycles. The van der Waals surface area contributed by atoms with E-state index in [1.807, 2.05) is 16.8 Å². The summed E-state index contributed by atoms with van der Waals surface area (Å²) >= 11 is 0. The van der Waals surface area contributed by atoms with Crippen LogP contribution in [0.3, 0.4) is 0 Å². The number of methoxy groups -OCH3 is 1. The maximum Gasteiger partial charge on any atom is 0.317 e. The van der Waals surface area contributed by atoms with Gasteiger partial charge in [0.15, 0.2) is 0 Å². The number of nitrogens with one attached hydrogen (secondary N) is 1. The highest BCUT2D eigenvalue weighted by molar-refractivity contribution is 5.86. The van der Waals surface area contributed by atoms with E-state index in [9.17, 15) is 14.0 Å². The second kappa shape index (κ2) is 8.74.